The molecule has 0 nitrogen and oxygen atoms in total. The Bertz CT molecular complexity index is 469. The molecule has 2 aliphatic heterocycles. The van der Waals surface area contributed by atoms with E-state index in [-0.39, 0.29) is 0 Å². The van der Waals surface area contributed by atoms with Gasteiger partial charge in [0.05, 0.1) is 0 Å². The zero-order valence-corrected chi connectivity index (χ0v) is 9.07. The molecule has 4 heterocycles. The maximum Gasteiger partial charge on any atom is 0.0277 e. The van der Waals surface area contributed by atoms with E-state index < -0.39 is 0 Å². The molecule has 14 heavy (non-hydrogen) atoms. The number of fused-ring (bicyclic) bond motifs is 4. The Kier molecular flexibility index (Phi) is 1.96. The van der Waals surface area contributed by atoms with E-state index in [4.69, 9.17) is 0 Å². The molecule has 68 valence electrons. The minimum absolute atomic E-state index is 1.38. The van der Waals surface area contributed by atoms with Crippen molar-refractivity contribution in [2.75, 3.05) is 0 Å². The van der Waals surface area contributed by atoms with E-state index in [9.17, 15) is 0 Å². The first-order valence-corrected chi connectivity index (χ1v) is 6.09. The second kappa shape index (κ2) is 3.30. The van der Waals surface area contributed by atoms with Crippen LogP contribution in [0.4, 0.5) is 0 Å². The van der Waals surface area contributed by atoms with E-state index >= 15 is 0 Å². The summed E-state index contributed by atoms with van der Waals surface area (Å²) in [5.41, 5.74) is 0. The molecule has 0 N–H and O–H groups in total. The number of hydrogen-bond donors (Lipinski definition) is 0. The maximum atomic E-state index is 2.19. The van der Waals surface area contributed by atoms with E-state index in [0.29, 0.717) is 0 Å². The average molecular weight is 216 g/mol. The predicted octanol–water partition coefficient (Wildman–Crippen LogP) is 4.49. The number of thiophene rings is 2. The highest BCUT2D eigenvalue weighted by Crippen LogP contribution is 2.37. The van der Waals surface area contributed by atoms with Crippen LogP contribution in [0.5, 0.6) is 0 Å². The monoisotopic (exact) mass is 216 g/mol. The normalized spacial score (nSPS) is 12.0. The Morgan fingerprint density at radius 3 is 1.36 bits per heavy atom. The third kappa shape index (κ3) is 1.51. The topological polar surface area (TPSA) is 0 Å². The molecule has 3 aromatic rings. The summed E-state index contributed by atoms with van der Waals surface area (Å²) in [5.74, 6) is 0. The van der Waals surface area contributed by atoms with Crippen LogP contribution in [-0.2, 0) is 0 Å². The molecule has 0 fully saturated rings. The minimum Gasteiger partial charge on any atom is -0.137 e. The molecule has 0 spiro atoms. The molecule has 4 bridgehead atoms. The van der Waals surface area contributed by atoms with Gasteiger partial charge in [0.2, 0.25) is 0 Å². The molecule has 2 aromatic heterocycles. The lowest BCUT2D eigenvalue weighted by molar-refractivity contribution is 1.26. The Morgan fingerprint density at radius 2 is 1.21 bits per heavy atom. The van der Waals surface area contributed by atoms with Gasteiger partial charge in [0, 0.05) is 19.2 Å². The highest BCUT2D eigenvalue weighted by Gasteiger charge is 2.05. The van der Waals surface area contributed by atoms with Gasteiger partial charge in [-0.3, -0.25) is 0 Å². The molecule has 0 saturated carbocycles. The van der Waals surface area contributed by atoms with Crippen LogP contribution in [0.25, 0.3) is 9.40 Å². The maximum absolute atomic E-state index is 2.19. The SMILES string of the molecule is c1cc2cc(c1)S2.c1cc2ccc1s2. The largest absolute Gasteiger partial charge is 0.137 e. The van der Waals surface area contributed by atoms with Gasteiger partial charge in [-0.15, -0.1) is 11.3 Å². The molecule has 0 aliphatic carbocycles. The van der Waals surface area contributed by atoms with E-state index in [0.717, 1.165) is 0 Å². The van der Waals surface area contributed by atoms with E-state index in [1.165, 1.54) is 19.2 Å². The van der Waals surface area contributed by atoms with Crippen LogP contribution in [0.1, 0.15) is 0 Å². The van der Waals surface area contributed by atoms with Gasteiger partial charge in [-0.05, 0) is 42.5 Å². The molecule has 0 amide bonds. The van der Waals surface area contributed by atoms with E-state index in [2.05, 4.69) is 48.5 Å². The van der Waals surface area contributed by atoms with Crippen LogP contribution in [0.2, 0.25) is 0 Å². The van der Waals surface area contributed by atoms with Gasteiger partial charge < -0.3 is 0 Å². The van der Waals surface area contributed by atoms with E-state index in [1.807, 2.05) is 23.1 Å². The Morgan fingerprint density at radius 1 is 0.714 bits per heavy atom. The van der Waals surface area contributed by atoms with Crippen molar-refractivity contribution in [3.63, 3.8) is 0 Å². The van der Waals surface area contributed by atoms with Gasteiger partial charge in [-0.2, -0.15) is 0 Å². The van der Waals surface area contributed by atoms with Crippen molar-refractivity contribution < 1.29 is 0 Å². The first-order chi connectivity index (χ1) is 6.90. The fourth-order valence-corrected chi connectivity index (χ4v) is 2.96. The minimum atomic E-state index is 1.38. The summed E-state index contributed by atoms with van der Waals surface area (Å²) in [4.78, 5) is 2.80. The van der Waals surface area contributed by atoms with Crippen molar-refractivity contribution in [3.05, 3.63) is 48.5 Å². The fraction of sp³-hybridized carbons (Fsp3) is 0. The molecule has 0 unspecified atom stereocenters. The van der Waals surface area contributed by atoms with Crippen molar-refractivity contribution in [2.24, 2.45) is 0 Å². The number of hydrogen-bond acceptors (Lipinski definition) is 2. The second-order valence-corrected chi connectivity index (χ2v) is 5.44. The van der Waals surface area contributed by atoms with Gasteiger partial charge in [0.25, 0.3) is 0 Å². The van der Waals surface area contributed by atoms with Gasteiger partial charge in [0.15, 0.2) is 0 Å². The lowest BCUT2D eigenvalue weighted by atomic mass is 10.3. The summed E-state index contributed by atoms with van der Waals surface area (Å²) in [5, 5.41) is 0. The Hall–Kier alpha value is -0.990. The summed E-state index contributed by atoms with van der Waals surface area (Å²) in [6.45, 7) is 0. The summed E-state index contributed by atoms with van der Waals surface area (Å²) in [7, 11) is 0. The highest BCUT2D eigenvalue weighted by molar-refractivity contribution is 8.00. The summed E-state index contributed by atoms with van der Waals surface area (Å²) in [6.07, 6.45) is 0. The molecule has 0 radical (unpaired) electrons. The lowest BCUT2D eigenvalue weighted by Gasteiger charge is -2.10. The average Bonchev–Trinajstić information content (AvgIpc) is 2.82. The van der Waals surface area contributed by atoms with Crippen LogP contribution < -0.4 is 0 Å². The molecule has 2 heteroatoms. The predicted molar refractivity (Wildman–Crippen MR) is 63.6 cm³/mol. The quantitative estimate of drug-likeness (QED) is 0.417. The lowest BCUT2D eigenvalue weighted by Crippen LogP contribution is -1.81. The second-order valence-electron chi connectivity index (χ2n) is 3.15. The molecular weight excluding hydrogens is 208 g/mol. The molecule has 0 atom stereocenters. The number of benzene rings is 2. The summed E-state index contributed by atoms with van der Waals surface area (Å²) in [6, 6.07) is 17.1. The van der Waals surface area contributed by atoms with Crippen LogP contribution in [0.3, 0.4) is 0 Å². The molecule has 5 rings (SSSR count). The Balaban J connectivity index is 0.0000000914. The summed E-state index contributed by atoms with van der Waals surface area (Å²) >= 11 is 3.69. The van der Waals surface area contributed by atoms with Crippen molar-refractivity contribution in [1.29, 1.82) is 0 Å². The highest BCUT2D eigenvalue weighted by atomic mass is 32.2. The first-order valence-electron chi connectivity index (χ1n) is 4.46. The van der Waals surface area contributed by atoms with Crippen molar-refractivity contribution >= 4 is 32.5 Å². The van der Waals surface area contributed by atoms with Crippen LogP contribution in [0, 0.1) is 0 Å². The molecule has 0 saturated heterocycles. The molecular formula is C12H8S2. The zero-order valence-electron chi connectivity index (χ0n) is 7.44. The first kappa shape index (κ1) is 8.33. The Labute approximate surface area is 90.9 Å². The smallest absolute Gasteiger partial charge is 0.0277 e. The third-order valence-corrected chi connectivity index (χ3v) is 4.10. The summed E-state index contributed by atoms with van der Waals surface area (Å²) < 4.78 is 2.77. The third-order valence-electron chi connectivity index (χ3n) is 2.10. The van der Waals surface area contributed by atoms with Gasteiger partial charge >= 0.3 is 0 Å². The van der Waals surface area contributed by atoms with Crippen molar-refractivity contribution in [3.8, 4) is 0 Å². The van der Waals surface area contributed by atoms with Crippen LogP contribution in [-0.4, -0.2) is 0 Å². The fourth-order valence-electron chi connectivity index (χ4n) is 1.39. The van der Waals surface area contributed by atoms with Crippen molar-refractivity contribution in [2.45, 2.75) is 9.79 Å². The standard InChI is InChI=1S/2C6H4S/c1-2-6-4-3-5(1)7-6;1-2-5-4-6(3-1)7-5/h2*1-4H. The van der Waals surface area contributed by atoms with E-state index in [1.54, 1.807) is 0 Å². The van der Waals surface area contributed by atoms with Crippen LogP contribution in [0.15, 0.2) is 58.3 Å². The number of rotatable bonds is 0. The van der Waals surface area contributed by atoms with Crippen LogP contribution >= 0.6 is 23.1 Å². The van der Waals surface area contributed by atoms with Crippen molar-refractivity contribution in [1.82, 2.24) is 0 Å². The molecule has 1 aromatic carbocycles. The zero-order chi connectivity index (χ0) is 9.38. The van der Waals surface area contributed by atoms with Gasteiger partial charge in [0.1, 0.15) is 0 Å². The van der Waals surface area contributed by atoms with Gasteiger partial charge in [-0.25, -0.2) is 0 Å². The molecule has 2 aliphatic rings. The van der Waals surface area contributed by atoms with Gasteiger partial charge in [-0.1, -0.05) is 17.8 Å².